The van der Waals surface area contributed by atoms with Gasteiger partial charge in [0.2, 0.25) is 0 Å². The fourth-order valence-electron chi connectivity index (χ4n) is 2.60. The van der Waals surface area contributed by atoms with Crippen molar-refractivity contribution in [3.63, 3.8) is 0 Å². The van der Waals surface area contributed by atoms with Crippen molar-refractivity contribution in [1.82, 2.24) is 4.98 Å². The summed E-state index contributed by atoms with van der Waals surface area (Å²) in [4.78, 5) is 4.15. The van der Waals surface area contributed by atoms with Gasteiger partial charge in [0.05, 0.1) is 16.8 Å². The number of hydrogen-bond donors (Lipinski definition) is 0. The average Bonchev–Trinajstić information content (AvgIpc) is 2.75. The Morgan fingerprint density at radius 2 is 1.56 bits per heavy atom. The zero-order valence-corrected chi connectivity index (χ0v) is 14.5. The van der Waals surface area contributed by atoms with Crippen LogP contribution in [-0.4, -0.2) is 23.3 Å². The molecule has 1 aromatic heterocycles. The zero-order chi connectivity index (χ0) is 18.5. The number of aromatic nitrogens is 1. The van der Waals surface area contributed by atoms with Crippen molar-refractivity contribution in [3.05, 3.63) is 48.3 Å². The van der Waals surface area contributed by atoms with Gasteiger partial charge in [0.1, 0.15) is 0 Å². The van der Waals surface area contributed by atoms with E-state index in [-0.39, 0.29) is 0 Å². The number of rotatable bonds is 2. The fourth-order valence-corrected chi connectivity index (χ4v) is 2.60. The minimum atomic E-state index is -4.38. The van der Waals surface area contributed by atoms with E-state index in [1.54, 1.807) is 18.3 Å². The fraction of sp³-hybridized carbons (Fsp3) is 0.389. The molecule has 0 amide bonds. The molecule has 2 aromatic rings. The van der Waals surface area contributed by atoms with Crippen LogP contribution in [0.15, 0.2) is 42.7 Å². The largest absolute Gasteiger partial charge is 0.496 e. The highest BCUT2D eigenvalue weighted by Crippen LogP contribution is 2.37. The molecule has 0 aliphatic carbocycles. The number of nitrogens with zero attached hydrogens (tertiary/aromatic N) is 1. The Kier molecular flexibility index (Phi) is 4.20. The third-order valence-electron chi connectivity index (χ3n) is 4.81. The number of pyridine rings is 1. The third kappa shape index (κ3) is 3.44. The number of alkyl halides is 3. The summed E-state index contributed by atoms with van der Waals surface area (Å²) in [6, 6.07) is 6.94. The van der Waals surface area contributed by atoms with E-state index in [2.05, 4.69) is 4.98 Å². The van der Waals surface area contributed by atoms with E-state index in [0.717, 1.165) is 12.1 Å². The molecule has 0 spiro atoms. The summed E-state index contributed by atoms with van der Waals surface area (Å²) >= 11 is 0. The van der Waals surface area contributed by atoms with Crippen molar-refractivity contribution >= 4 is 12.6 Å². The Hall–Kier alpha value is -1.86. The average molecular weight is 349 g/mol. The molecule has 7 heteroatoms. The van der Waals surface area contributed by atoms with Crippen molar-refractivity contribution in [2.24, 2.45) is 0 Å². The van der Waals surface area contributed by atoms with Crippen molar-refractivity contribution in [2.75, 3.05) is 0 Å². The van der Waals surface area contributed by atoms with Gasteiger partial charge >= 0.3 is 13.3 Å². The van der Waals surface area contributed by atoms with E-state index < -0.39 is 30.1 Å². The molecule has 0 saturated carbocycles. The quantitative estimate of drug-likeness (QED) is 0.766. The highest BCUT2D eigenvalue weighted by atomic mass is 19.4. The lowest BCUT2D eigenvalue weighted by molar-refractivity contribution is -0.137. The maximum atomic E-state index is 12.9. The van der Waals surface area contributed by atoms with Crippen LogP contribution >= 0.6 is 0 Å². The van der Waals surface area contributed by atoms with Crippen LogP contribution in [0.4, 0.5) is 13.2 Å². The lowest BCUT2D eigenvalue weighted by Gasteiger charge is -2.32. The molecule has 1 fully saturated rings. The molecule has 1 aliphatic rings. The summed E-state index contributed by atoms with van der Waals surface area (Å²) in [6.07, 6.45) is -1.24. The molecule has 0 unspecified atom stereocenters. The summed E-state index contributed by atoms with van der Waals surface area (Å²) in [5.41, 5.74) is 0.0203. The first-order valence-corrected chi connectivity index (χ1v) is 7.98. The monoisotopic (exact) mass is 349 g/mol. The molecule has 25 heavy (non-hydrogen) atoms. The van der Waals surface area contributed by atoms with E-state index in [1.165, 1.54) is 12.3 Å². The second-order valence-corrected chi connectivity index (χ2v) is 7.17. The lowest BCUT2D eigenvalue weighted by Crippen LogP contribution is -2.41. The Morgan fingerprint density at radius 3 is 2.16 bits per heavy atom. The third-order valence-corrected chi connectivity index (χ3v) is 4.81. The first-order chi connectivity index (χ1) is 11.5. The Labute approximate surface area is 145 Å². The zero-order valence-electron chi connectivity index (χ0n) is 14.5. The highest BCUT2D eigenvalue weighted by molar-refractivity contribution is 6.62. The van der Waals surface area contributed by atoms with Gasteiger partial charge in [-0.25, -0.2) is 0 Å². The van der Waals surface area contributed by atoms with Crippen molar-refractivity contribution < 1.29 is 22.5 Å². The van der Waals surface area contributed by atoms with Gasteiger partial charge in [-0.2, -0.15) is 13.2 Å². The van der Waals surface area contributed by atoms with E-state index in [0.29, 0.717) is 16.6 Å². The van der Waals surface area contributed by atoms with Crippen LogP contribution in [0.1, 0.15) is 33.3 Å². The molecule has 2 heterocycles. The van der Waals surface area contributed by atoms with Crippen LogP contribution in [0, 0.1) is 0 Å². The van der Waals surface area contributed by atoms with Gasteiger partial charge < -0.3 is 9.31 Å². The van der Waals surface area contributed by atoms with E-state index in [1.807, 2.05) is 27.7 Å². The predicted octanol–water partition coefficient (Wildman–Crippen LogP) is 4.07. The Bertz CT molecular complexity index is 774. The van der Waals surface area contributed by atoms with Gasteiger partial charge in [-0.05, 0) is 51.0 Å². The molecular weight excluding hydrogens is 330 g/mol. The molecule has 0 N–H and O–H groups in total. The van der Waals surface area contributed by atoms with Crippen LogP contribution in [0.5, 0.6) is 0 Å². The molecule has 132 valence electrons. The Morgan fingerprint density at radius 1 is 0.920 bits per heavy atom. The van der Waals surface area contributed by atoms with E-state index >= 15 is 0 Å². The molecule has 0 bridgehead atoms. The summed E-state index contributed by atoms with van der Waals surface area (Å²) in [6.45, 7) is 7.77. The van der Waals surface area contributed by atoms with Gasteiger partial charge in [0.15, 0.2) is 0 Å². The number of benzene rings is 1. The maximum absolute atomic E-state index is 12.9. The standard InChI is InChI=1S/C18H19BF3NO2/c1-16(2)17(3,4)25-19(24-16)15-9-13(10-23-11-15)12-6-5-7-14(8-12)18(20,21)22/h5-11H,1-4H3. The van der Waals surface area contributed by atoms with Crippen LogP contribution in [0.2, 0.25) is 0 Å². The maximum Gasteiger partial charge on any atom is 0.496 e. The second kappa shape index (κ2) is 5.85. The van der Waals surface area contributed by atoms with Crippen LogP contribution in [0.25, 0.3) is 11.1 Å². The second-order valence-electron chi connectivity index (χ2n) is 7.17. The number of hydrogen-bond acceptors (Lipinski definition) is 3. The van der Waals surface area contributed by atoms with Gasteiger partial charge in [0.25, 0.3) is 0 Å². The van der Waals surface area contributed by atoms with Crippen molar-refractivity contribution in [2.45, 2.75) is 45.1 Å². The molecule has 3 nitrogen and oxygen atoms in total. The van der Waals surface area contributed by atoms with Gasteiger partial charge in [-0.3, -0.25) is 4.98 Å². The molecule has 1 aliphatic heterocycles. The van der Waals surface area contributed by atoms with Gasteiger partial charge in [-0.1, -0.05) is 18.2 Å². The van der Waals surface area contributed by atoms with Crippen LogP contribution in [0.3, 0.4) is 0 Å². The van der Waals surface area contributed by atoms with Crippen molar-refractivity contribution in [3.8, 4) is 11.1 Å². The summed E-state index contributed by atoms with van der Waals surface area (Å²) in [5, 5.41) is 0. The molecule has 3 rings (SSSR count). The summed E-state index contributed by atoms with van der Waals surface area (Å²) in [7, 11) is -0.608. The van der Waals surface area contributed by atoms with E-state index in [4.69, 9.17) is 9.31 Å². The topological polar surface area (TPSA) is 31.4 Å². The number of halogens is 3. The Balaban J connectivity index is 1.94. The first kappa shape index (κ1) is 18.0. The van der Waals surface area contributed by atoms with E-state index in [9.17, 15) is 13.2 Å². The highest BCUT2D eigenvalue weighted by Gasteiger charge is 2.51. The van der Waals surface area contributed by atoms with Gasteiger partial charge in [0, 0.05) is 17.9 Å². The normalized spacial score (nSPS) is 19.2. The smallest absolute Gasteiger partial charge is 0.399 e. The molecular formula is C18H19BF3NO2. The van der Waals surface area contributed by atoms with Crippen LogP contribution in [-0.2, 0) is 15.5 Å². The van der Waals surface area contributed by atoms with Crippen molar-refractivity contribution in [1.29, 1.82) is 0 Å². The molecule has 0 atom stereocenters. The predicted molar refractivity (Wildman–Crippen MR) is 90.4 cm³/mol. The SMILES string of the molecule is CC1(C)OB(c2cncc(-c3cccc(C(F)(F)F)c3)c2)OC1(C)C. The van der Waals surface area contributed by atoms with Crippen LogP contribution < -0.4 is 5.46 Å². The molecule has 0 radical (unpaired) electrons. The minimum absolute atomic E-state index is 0.445. The summed E-state index contributed by atoms with van der Waals surface area (Å²) < 4.78 is 50.7. The molecule has 1 saturated heterocycles. The van der Waals surface area contributed by atoms with Gasteiger partial charge in [-0.15, -0.1) is 0 Å². The molecule has 1 aromatic carbocycles. The minimum Gasteiger partial charge on any atom is -0.399 e. The summed E-state index contributed by atoms with van der Waals surface area (Å²) in [5.74, 6) is 0. The lowest BCUT2D eigenvalue weighted by atomic mass is 9.79. The first-order valence-electron chi connectivity index (χ1n) is 7.98.